The Labute approximate surface area is 138 Å². The third-order valence-corrected chi connectivity index (χ3v) is 5.40. The van der Waals surface area contributed by atoms with Crippen LogP contribution in [0.15, 0.2) is 44.2 Å². The number of rotatable bonds is 3. The predicted molar refractivity (Wildman–Crippen MR) is 88.2 cm³/mol. The van der Waals surface area contributed by atoms with Crippen LogP contribution in [0, 0.1) is 12.7 Å². The van der Waals surface area contributed by atoms with Crippen molar-refractivity contribution in [2.24, 2.45) is 0 Å². The van der Waals surface area contributed by atoms with E-state index in [1.807, 2.05) is 0 Å². The smallest absolute Gasteiger partial charge is 0.262 e. The Morgan fingerprint density at radius 1 is 1.19 bits per heavy atom. The zero-order valence-corrected chi connectivity index (χ0v) is 14.8. The molecule has 2 aromatic rings. The number of nitrogens with one attached hydrogen (secondary N) is 1. The summed E-state index contributed by atoms with van der Waals surface area (Å²) < 4.78 is 41.2. The molecule has 4 nitrogen and oxygen atoms in total. The van der Waals surface area contributed by atoms with Crippen molar-refractivity contribution in [2.75, 3.05) is 10.5 Å². The number of nitrogen functional groups attached to an aromatic ring is 1. The number of benzene rings is 2. The van der Waals surface area contributed by atoms with Gasteiger partial charge in [0.25, 0.3) is 10.0 Å². The molecule has 0 radical (unpaired) electrons. The second kappa shape index (κ2) is 5.94. The van der Waals surface area contributed by atoms with E-state index in [0.717, 1.165) is 0 Å². The van der Waals surface area contributed by atoms with E-state index in [-0.39, 0.29) is 15.1 Å². The highest BCUT2D eigenvalue weighted by atomic mass is 79.9. The highest BCUT2D eigenvalue weighted by molar-refractivity contribution is 9.10. The second-order valence-electron chi connectivity index (χ2n) is 4.35. The molecule has 0 aliphatic rings. The molecule has 0 spiro atoms. The highest BCUT2D eigenvalue weighted by Gasteiger charge is 2.19. The molecule has 0 heterocycles. The molecule has 2 rings (SSSR count). The van der Waals surface area contributed by atoms with E-state index < -0.39 is 15.8 Å². The van der Waals surface area contributed by atoms with Crippen LogP contribution in [0.2, 0.25) is 0 Å². The van der Waals surface area contributed by atoms with Crippen molar-refractivity contribution < 1.29 is 12.8 Å². The summed E-state index contributed by atoms with van der Waals surface area (Å²) in [5, 5.41) is 0. The fourth-order valence-electron chi connectivity index (χ4n) is 1.72. The van der Waals surface area contributed by atoms with Crippen LogP contribution in [-0.4, -0.2) is 8.42 Å². The number of sulfonamides is 1. The molecular weight excluding hydrogens is 427 g/mol. The largest absolute Gasteiger partial charge is 0.398 e. The first-order valence-electron chi connectivity index (χ1n) is 5.74. The Hall–Kier alpha value is -1.12. The maximum absolute atomic E-state index is 13.2. The summed E-state index contributed by atoms with van der Waals surface area (Å²) >= 11 is 6.23. The quantitative estimate of drug-likeness (QED) is 0.711. The maximum Gasteiger partial charge on any atom is 0.262 e. The van der Waals surface area contributed by atoms with Crippen LogP contribution >= 0.6 is 31.9 Å². The minimum atomic E-state index is -3.82. The fourth-order valence-corrected chi connectivity index (χ4v) is 4.08. The summed E-state index contributed by atoms with van der Waals surface area (Å²) in [6.45, 7) is 1.62. The van der Waals surface area contributed by atoms with Crippen LogP contribution in [0.4, 0.5) is 15.8 Å². The van der Waals surface area contributed by atoms with E-state index in [4.69, 9.17) is 5.73 Å². The standard InChI is InChI=1S/C13H11Br2FN2O2S/c1-7-12(17)4-8(14)5-13(7)21(19,20)18-9-2-3-11(16)10(15)6-9/h2-6,18H,17H2,1H3. The monoisotopic (exact) mass is 436 g/mol. The molecule has 3 N–H and O–H groups in total. The second-order valence-corrected chi connectivity index (χ2v) is 7.77. The Kier molecular flexibility index (Phi) is 4.60. The average molecular weight is 438 g/mol. The number of hydrogen-bond acceptors (Lipinski definition) is 3. The topological polar surface area (TPSA) is 72.2 Å². The molecule has 0 unspecified atom stereocenters. The molecule has 0 bridgehead atoms. The SMILES string of the molecule is Cc1c(N)cc(Br)cc1S(=O)(=O)Nc1ccc(F)c(Br)c1. The molecule has 0 aliphatic carbocycles. The van der Waals surface area contributed by atoms with Crippen LogP contribution in [0.25, 0.3) is 0 Å². The lowest BCUT2D eigenvalue weighted by molar-refractivity contribution is 0.600. The first-order valence-corrected chi connectivity index (χ1v) is 8.81. The highest BCUT2D eigenvalue weighted by Crippen LogP contribution is 2.28. The van der Waals surface area contributed by atoms with E-state index in [1.165, 1.54) is 24.3 Å². The van der Waals surface area contributed by atoms with Crippen LogP contribution in [0.3, 0.4) is 0 Å². The number of hydrogen-bond donors (Lipinski definition) is 2. The average Bonchev–Trinajstić information content (AvgIpc) is 2.37. The van der Waals surface area contributed by atoms with E-state index in [9.17, 15) is 12.8 Å². The van der Waals surface area contributed by atoms with Gasteiger partial charge in [-0.1, -0.05) is 15.9 Å². The van der Waals surface area contributed by atoms with Gasteiger partial charge in [0.05, 0.1) is 15.1 Å². The van der Waals surface area contributed by atoms with Crippen LogP contribution < -0.4 is 10.5 Å². The lowest BCUT2D eigenvalue weighted by atomic mass is 10.2. The van der Waals surface area contributed by atoms with Crippen LogP contribution in [-0.2, 0) is 10.0 Å². The zero-order valence-electron chi connectivity index (χ0n) is 10.8. The molecule has 0 amide bonds. The van der Waals surface area contributed by atoms with Crippen molar-refractivity contribution in [2.45, 2.75) is 11.8 Å². The number of nitrogens with two attached hydrogens (primary N) is 1. The van der Waals surface area contributed by atoms with Gasteiger partial charge in [0, 0.05) is 10.2 Å². The summed E-state index contributed by atoms with van der Waals surface area (Å²) in [5.74, 6) is -0.471. The van der Waals surface area contributed by atoms with E-state index in [2.05, 4.69) is 36.6 Å². The van der Waals surface area contributed by atoms with Gasteiger partial charge in [-0.15, -0.1) is 0 Å². The fraction of sp³-hybridized carbons (Fsp3) is 0.0769. The van der Waals surface area contributed by atoms with Gasteiger partial charge in [-0.3, -0.25) is 4.72 Å². The third-order valence-electron chi connectivity index (χ3n) is 2.83. The first-order chi connectivity index (χ1) is 9.70. The van der Waals surface area contributed by atoms with Crippen molar-refractivity contribution in [1.82, 2.24) is 0 Å². The molecular formula is C13H11Br2FN2O2S. The predicted octanol–water partition coefficient (Wildman–Crippen LogP) is 4.04. The normalized spacial score (nSPS) is 11.4. The van der Waals surface area contributed by atoms with Crippen LogP contribution in [0.5, 0.6) is 0 Å². The van der Waals surface area contributed by atoms with E-state index in [0.29, 0.717) is 15.7 Å². The molecule has 0 atom stereocenters. The van der Waals surface area contributed by atoms with E-state index in [1.54, 1.807) is 13.0 Å². The van der Waals surface area contributed by atoms with Gasteiger partial charge in [0.15, 0.2) is 0 Å². The summed E-state index contributed by atoms with van der Waals surface area (Å²) in [6.07, 6.45) is 0. The first kappa shape index (κ1) is 16.3. The number of halogens is 3. The van der Waals surface area contributed by atoms with Gasteiger partial charge in [0.1, 0.15) is 5.82 Å². The van der Waals surface area contributed by atoms with Crippen molar-refractivity contribution in [3.8, 4) is 0 Å². The van der Waals surface area contributed by atoms with Crippen molar-refractivity contribution >= 4 is 53.3 Å². The minimum Gasteiger partial charge on any atom is -0.398 e. The Morgan fingerprint density at radius 3 is 2.48 bits per heavy atom. The van der Waals surface area contributed by atoms with Crippen molar-refractivity contribution in [3.05, 3.63) is 50.7 Å². The third kappa shape index (κ3) is 3.56. The Balaban J connectivity index is 2.45. The molecule has 112 valence electrons. The summed E-state index contributed by atoms with van der Waals surface area (Å²) in [4.78, 5) is 0.0647. The molecule has 8 heteroatoms. The van der Waals surface area contributed by atoms with Gasteiger partial charge < -0.3 is 5.73 Å². The Bertz CT molecular complexity index is 810. The lowest BCUT2D eigenvalue weighted by Crippen LogP contribution is -2.15. The molecule has 2 aromatic carbocycles. The number of anilines is 2. The Morgan fingerprint density at radius 2 is 1.86 bits per heavy atom. The maximum atomic E-state index is 13.2. The zero-order chi connectivity index (χ0) is 15.8. The molecule has 0 aliphatic heterocycles. The summed E-state index contributed by atoms with van der Waals surface area (Å²) in [7, 11) is -3.82. The van der Waals surface area contributed by atoms with Gasteiger partial charge >= 0.3 is 0 Å². The lowest BCUT2D eigenvalue weighted by Gasteiger charge is -2.13. The van der Waals surface area contributed by atoms with Crippen molar-refractivity contribution in [3.63, 3.8) is 0 Å². The molecule has 0 aromatic heterocycles. The summed E-state index contributed by atoms with van der Waals surface area (Å²) in [6, 6.07) is 6.96. The molecule has 0 fully saturated rings. The summed E-state index contributed by atoms with van der Waals surface area (Å²) in [5.41, 5.74) is 6.84. The van der Waals surface area contributed by atoms with Crippen LogP contribution in [0.1, 0.15) is 5.56 Å². The van der Waals surface area contributed by atoms with Gasteiger partial charge in [-0.2, -0.15) is 0 Å². The van der Waals surface area contributed by atoms with Crippen molar-refractivity contribution in [1.29, 1.82) is 0 Å². The molecule has 0 saturated carbocycles. The minimum absolute atomic E-state index is 0.0647. The molecule has 21 heavy (non-hydrogen) atoms. The van der Waals surface area contributed by atoms with Gasteiger partial charge in [-0.25, -0.2) is 12.8 Å². The molecule has 0 saturated heterocycles. The van der Waals surface area contributed by atoms with Gasteiger partial charge in [-0.05, 0) is 58.7 Å². The van der Waals surface area contributed by atoms with E-state index >= 15 is 0 Å². The van der Waals surface area contributed by atoms with Gasteiger partial charge in [0.2, 0.25) is 0 Å².